The number of aromatic nitrogens is 1. The fraction of sp³-hybridized carbons (Fsp3) is 0.773. The summed E-state index contributed by atoms with van der Waals surface area (Å²) in [5.74, 6) is 1.68. The Morgan fingerprint density at radius 2 is 1.83 bits per heavy atom. The smallest absolute Gasteiger partial charge is 0.213 e. The molecule has 1 aromatic heterocycles. The quantitative estimate of drug-likeness (QED) is 0.578. The molecule has 0 aliphatic carbocycles. The van der Waals surface area contributed by atoms with Crippen LogP contribution in [0.1, 0.15) is 30.9 Å². The van der Waals surface area contributed by atoms with Crippen molar-refractivity contribution in [3.63, 3.8) is 0 Å². The van der Waals surface area contributed by atoms with Crippen molar-refractivity contribution < 1.29 is 13.6 Å². The molecule has 3 heterocycles. The van der Waals surface area contributed by atoms with Crippen molar-refractivity contribution in [3.8, 4) is 5.88 Å². The van der Waals surface area contributed by atoms with Gasteiger partial charge in [-0.1, -0.05) is 6.07 Å². The maximum Gasteiger partial charge on any atom is 0.213 e. The SMILES string of the molecule is COc1cccc([C@@H]2C[C@H](CO[Si](C)(C)C)[C@H]3C[C@H](O[Si](C)(C)C)CCN3C2)n1. The van der Waals surface area contributed by atoms with Gasteiger partial charge in [-0.25, -0.2) is 4.98 Å². The number of nitrogens with zero attached hydrogens (tertiary/aromatic N) is 2. The number of fused-ring (bicyclic) bond motifs is 1. The van der Waals surface area contributed by atoms with E-state index in [4.69, 9.17) is 18.6 Å². The van der Waals surface area contributed by atoms with Gasteiger partial charge < -0.3 is 13.6 Å². The average molecular weight is 437 g/mol. The normalized spacial score (nSPS) is 28.8. The summed E-state index contributed by atoms with van der Waals surface area (Å²) in [4.78, 5) is 7.45. The molecule has 0 unspecified atom stereocenters. The van der Waals surface area contributed by atoms with Crippen LogP contribution >= 0.6 is 0 Å². The molecule has 164 valence electrons. The number of rotatable bonds is 7. The molecule has 1 aromatic rings. The van der Waals surface area contributed by atoms with Crippen LogP contribution in [0.2, 0.25) is 39.3 Å². The van der Waals surface area contributed by atoms with Gasteiger partial charge in [0, 0.05) is 49.5 Å². The summed E-state index contributed by atoms with van der Waals surface area (Å²) in [6.45, 7) is 16.8. The highest BCUT2D eigenvalue weighted by atomic mass is 28.4. The average Bonchev–Trinajstić information content (AvgIpc) is 2.64. The van der Waals surface area contributed by atoms with Crippen LogP contribution in [0.3, 0.4) is 0 Å². The summed E-state index contributed by atoms with van der Waals surface area (Å²) in [5.41, 5.74) is 1.15. The third-order valence-electron chi connectivity index (χ3n) is 5.92. The molecule has 29 heavy (non-hydrogen) atoms. The highest BCUT2D eigenvalue weighted by Crippen LogP contribution is 2.39. The maximum absolute atomic E-state index is 6.51. The summed E-state index contributed by atoms with van der Waals surface area (Å²) >= 11 is 0. The van der Waals surface area contributed by atoms with E-state index in [0.29, 0.717) is 29.9 Å². The van der Waals surface area contributed by atoms with E-state index in [1.807, 2.05) is 6.07 Å². The molecule has 3 rings (SSSR count). The van der Waals surface area contributed by atoms with Gasteiger partial charge in [0.2, 0.25) is 5.88 Å². The van der Waals surface area contributed by atoms with Crippen LogP contribution in [-0.4, -0.2) is 65.5 Å². The predicted octanol–water partition coefficient (Wildman–Crippen LogP) is 4.73. The first-order chi connectivity index (χ1) is 13.5. The van der Waals surface area contributed by atoms with Crippen molar-refractivity contribution in [2.45, 2.75) is 76.6 Å². The Labute approximate surface area is 179 Å². The minimum absolute atomic E-state index is 0.406. The Bertz CT molecular complexity index is 675. The second kappa shape index (κ2) is 9.18. The maximum atomic E-state index is 6.51. The zero-order valence-electron chi connectivity index (χ0n) is 19.4. The number of piperidine rings is 2. The number of hydrogen-bond donors (Lipinski definition) is 0. The molecule has 2 aliphatic heterocycles. The fourth-order valence-electron chi connectivity index (χ4n) is 4.74. The molecule has 5 nitrogen and oxygen atoms in total. The minimum atomic E-state index is -1.55. The van der Waals surface area contributed by atoms with Gasteiger partial charge in [0.15, 0.2) is 16.6 Å². The minimum Gasteiger partial charge on any atom is -0.481 e. The molecule has 2 aliphatic rings. The lowest BCUT2D eigenvalue weighted by atomic mass is 9.77. The van der Waals surface area contributed by atoms with E-state index in [-0.39, 0.29) is 0 Å². The molecule has 7 heteroatoms. The van der Waals surface area contributed by atoms with Gasteiger partial charge in [-0.2, -0.15) is 0 Å². The molecule has 2 saturated heterocycles. The first-order valence-corrected chi connectivity index (χ1v) is 17.9. The van der Waals surface area contributed by atoms with Gasteiger partial charge >= 0.3 is 0 Å². The van der Waals surface area contributed by atoms with E-state index in [9.17, 15) is 0 Å². The number of hydrogen-bond acceptors (Lipinski definition) is 5. The molecule has 0 radical (unpaired) electrons. The van der Waals surface area contributed by atoms with E-state index >= 15 is 0 Å². The zero-order valence-corrected chi connectivity index (χ0v) is 21.4. The molecular formula is C22H40N2O3Si2. The summed E-state index contributed by atoms with van der Waals surface area (Å²) in [6, 6.07) is 6.71. The summed E-state index contributed by atoms with van der Waals surface area (Å²) in [5, 5.41) is 0. The Morgan fingerprint density at radius 1 is 1.07 bits per heavy atom. The lowest BCUT2D eigenvalue weighted by molar-refractivity contribution is -0.0187. The topological polar surface area (TPSA) is 43.8 Å². The summed E-state index contributed by atoms with van der Waals surface area (Å²) in [7, 11) is -1.37. The molecule has 4 atom stereocenters. The van der Waals surface area contributed by atoms with Crippen molar-refractivity contribution in [2.24, 2.45) is 5.92 Å². The number of pyridine rings is 1. The Hall–Kier alpha value is -0.736. The van der Waals surface area contributed by atoms with Crippen LogP contribution in [0, 0.1) is 5.92 Å². The third-order valence-corrected chi connectivity index (χ3v) is 7.99. The number of ether oxygens (including phenoxy) is 1. The van der Waals surface area contributed by atoms with E-state index in [0.717, 1.165) is 44.7 Å². The van der Waals surface area contributed by atoms with E-state index in [1.165, 1.54) is 0 Å². The summed E-state index contributed by atoms with van der Waals surface area (Å²) < 4.78 is 18.3. The van der Waals surface area contributed by atoms with Crippen LogP contribution in [-0.2, 0) is 8.85 Å². The highest BCUT2D eigenvalue weighted by molar-refractivity contribution is 6.70. The molecule has 0 saturated carbocycles. The fourth-order valence-corrected chi connectivity index (χ4v) is 6.67. The lowest BCUT2D eigenvalue weighted by Crippen LogP contribution is -2.56. The molecule has 0 aromatic carbocycles. The van der Waals surface area contributed by atoms with Gasteiger partial charge in [0.25, 0.3) is 0 Å². The first-order valence-electron chi connectivity index (χ1n) is 11.1. The van der Waals surface area contributed by atoms with Crippen molar-refractivity contribution >= 4 is 16.6 Å². The lowest BCUT2D eigenvalue weighted by Gasteiger charge is -2.50. The molecule has 0 bridgehead atoms. The highest BCUT2D eigenvalue weighted by Gasteiger charge is 2.42. The standard InChI is InChI=1S/C22H40N2O3Si2/c1-25-22-10-8-9-20(23-22)17-13-18(16-26-28(2,3)4)21-14-19(27-29(5,6)7)11-12-24(21)15-17/h8-10,17-19,21H,11-16H2,1-7H3/t17-,18-,19-,21-/m1/s1. The van der Waals surface area contributed by atoms with Gasteiger partial charge in [0.1, 0.15) is 0 Å². The summed E-state index contributed by atoms with van der Waals surface area (Å²) in [6.07, 6.45) is 3.82. The van der Waals surface area contributed by atoms with Crippen molar-refractivity contribution in [2.75, 3.05) is 26.8 Å². The second-order valence-corrected chi connectivity index (χ2v) is 19.6. The van der Waals surface area contributed by atoms with Crippen LogP contribution in [0.5, 0.6) is 5.88 Å². The zero-order chi connectivity index (χ0) is 21.2. The van der Waals surface area contributed by atoms with Crippen LogP contribution < -0.4 is 4.74 Å². The molecule has 0 amide bonds. The Kier molecular flexibility index (Phi) is 7.26. The van der Waals surface area contributed by atoms with Gasteiger partial charge in [0.05, 0.1) is 7.11 Å². The van der Waals surface area contributed by atoms with Crippen LogP contribution in [0.15, 0.2) is 18.2 Å². The monoisotopic (exact) mass is 436 g/mol. The molecule has 0 N–H and O–H groups in total. The van der Waals surface area contributed by atoms with Gasteiger partial charge in [-0.3, -0.25) is 4.90 Å². The first kappa shape index (κ1) is 22.9. The van der Waals surface area contributed by atoms with Crippen molar-refractivity contribution in [1.82, 2.24) is 9.88 Å². The van der Waals surface area contributed by atoms with Crippen molar-refractivity contribution in [1.29, 1.82) is 0 Å². The van der Waals surface area contributed by atoms with Gasteiger partial charge in [-0.05, 0) is 70.5 Å². The Balaban J connectivity index is 1.77. The van der Waals surface area contributed by atoms with Crippen molar-refractivity contribution in [3.05, 3.63) is 23.9 Å². The Morgan fingerprint density at radius 3 is 2.48 bits per heavy atom. The second-order valence-electron chi connectivity index (χ2n) is 10.7. The predicted molar refractivity (Wildman–Crippen MR) is 124 cm³/mol. The van der Waals surface area contributed by atoms with E-state index in [1.54, 1.807) is 7.11 Å². The van der Waals surface area contributed by atoms with Crippen LogP contribution in [0.4, 0.5) is 0 Å². The van der Waals surface area contributed by atoms with E-state index < -0.39 is 16.6 Å². The largest absolute Gasteiger partial charge is 0.481 e. The molecule has 0 spiro atoms. The van der Waals surface area contributed by atoms with Gasteiger partial charge in [-0.15, -0.1) is 0 Å². The molecular weight excluding hydrogens is 396 g/mol. The van der Waals surface area contributed by atoms with E-state index in [2.05, 4.69) is 56.3 Å². The number of methoxy groups -OCH3 is 1. The molecule has 2 fully saturated rings. The van der Waals surface area contributed by atoms with Crippen LogP contribution in [0.25, 0.3) is 0 Å². The third kappa shape index (κ3) is 6.62.